The summed E-state index contributed by atoms with van der Waals surface area (Å²) < 4.78 is 5.47. The van der Waals surface area contributed by atoms with Crippen LogP contribution in [0, 0.1) is 5.92 Å². The number of ether oxygens (including phenoxy) is 1. The zero-order chi connectivity index (χ0) is 14.1. The summed E-state index contributed by atoms with van der Waals surface area (Å²) in [6.07, 6.45) is 5.06. The van der Waals surface area contributed by atoms with Crippen molar-refractivity contribution in [2.24, 2.45) is 5.92 Å². The Morgan fingerprint density at radius 2 is 2.11 bits per heavy atom. The van der Waals surface area contributed by atoms with E-state index in [1.54, 1.807) is 0 Å². The molecule has 1 fully saturated rings. The number of nitrogens with one attached hydrogen (secondary N) is 1. The lowest BCUT2D eigenvalue weighted by Gasteiger charge is -2.41. The second kappa shape index (κ2) is 9.73. The van der Waals surface area contributed by atoms with Crippen molar-refractivity contribution in [3.8, 4) is 0 Å². The fraction of sp³-hybridized carbons (Fsp3) is 1.00. The lowest BCUT2D eigenvalue weighted by Crippen LogP contribution is -2.56. The van der Waals surface area contributed by atoms with Crippen molar-refractivity contribution < 1.29 is 4.74 Å². The van der Waals surface area contributed by atoms with Gasteiger partial charge in [-0.3, -0.25) is 4.90 Å². The SMILES string of the molecule is CCCC1CNC(CC(C)C)CN1CCCOCC. The lowest BCUT2D eigenvalue weighted by atomic mass is 9.98. The summed E-state index contributed by atoms with van der Waals surface area (Å²) in [5, 5.41) is 3.74. The molecule has 1 saturated heterocycles. The Bertz CT molecular complexity index is 221. The van der Waals surface area contributed by atoms with Crippen LogP contribution in [0.4, 0.5) is 0 Å². The van der Waals surface area contributed by atoms with E-state index in [4.69, 9.17) is 4.74 Å². The largest absolute Gasteiger partial charge is 0.382 e. The smallest absolute Gasteiger partial charge is 0.0478 e. The summed E-state index contributed by atoms with van der Waals surface area (Å²) in [5.74, 6) is 0.783. The molecule has 1 aliphatic rings. The minimum Gasteiger partial charge on any atom is -0.382 e. The summed E-state index contributed by atoms with van der Waals surface area (Å²) in [4.78, 5) is 2.70. The Labute approximate surface area is 120 Å². The molecule has 1 N–H and O–H groups in total. The Morgan fingerprint density at radius 1 is 1.32 bits per heavy atom. The van der Waals surface area contributed by atoms with E-state index in [9.17, 15) is 0 Å². The summed E-state index contributed by atoms with van der Waals surface area (Å²) in [7, 11) is 0. The van der Waals surface area contributed by atoms with Crippen molar-refractivity contribution in [3.63, 3.8) is 0 Å². The predicted molar refractivity (Wildman–Crippen MR) is 82.6 cm³/mol. The molecule has 2 atom stereocenters. The van der Waals surface area contributed by atoms with Crippen LogP contribution >= 0.6 is 0 Å². The van der Waals surface area contributed by atoms with Crippen LogP contribution in [0.15, 0.2) is 0 Å². The first kappa shape index (κ1) is 16.9. The van der Waals surface area contributed by atoms with E-state index < -0.39 is 0 Å². The third-order valence-corrected chi connectivity index (χ3v) is 3.93. The zero-order valence-corrected chi connectivity index (χ0v) is 13.5. The molecule has 0 amide bonds. The van der Waals surface area contributed by atoms with E-state index in [0.29, 0.717) is 6.04 Å². The highest BCUT2D eigenvalue weighted by Crippen LogP contribution is 2.16. The summed E-state index contributed by atoms with van der Waals surface area (Å²) in [5.41, 5.74) is 0. The quantitative estimate of drug-likeness (QED) is 0.652. The van der Waals surface area contributed by atoms with Gasteiger partial charge in [-0.15, -0.1) is 0 Å². The maximum absolute atomic E-state index is 5.47. The van der Waals surface area contributed by atoms with E-state index in [2.05, 4.69) is 37.9 Å². The molecular weight excluding hydrogens is 236 g/mol. The average molecular weight is 270 g/mol. The van der Waals surface area contributed by atoms with Gasteiger partial charge in [-0.05, 0) is 32.1 Å². The van der Waals surface area contributed by atoms with E-state index in [1.165, 1.54) is 45.3 Å². The maximum atomic E-state index is 5.47. The molecule has 0 aliphatic carbocycles. The van der Waals surface area contributed by atoms with Crippen LogP contribution in [0.1, 0.15) is 53.4 Å². The van der Waals surface area contributed by atoms with E-state index in [1.807, 2.05) is 0 Å². The fourth-order valence-corrected chi connectivity index (χ4v) is 3.06. The molecule has 0 aromatic heterocycles. The molecule has 1 aliphatic heterocycles. The molecule has 19 heavy (non-hydrogen) atoms. The van der Waals surface area contributed by atoms with Crippen LogP contribution in [0.2, 0.25) is 0 Å². The van der Waals surface area contributed by atoms with Gasteiger partial charge >= 0.3 is 0 Å². The van der Waals surface area contributed by atoms with Crippen LogP contribution in [0.3, 0.4) is 0 Å². The highest BCUT2D eigenvalue weighted by atomic mass is 16.5. The molecule has 1 heterocycles. The number of hydrogen-bond donors (Lipinski definition) is 1. The summed E-state index contributed by atoms with van der Waals surface area (Å²) in [6, 6.07) is 1.41. The van der Waals surface area contributed by atoms with Crippen LogP contribution in [0.5, 0.6) is 0 Å². The molecule has 0 aromatic rings. The molecule has 0 spiro atoms. The van der Waals surface area contributed by atoms with E-state index >= 15 is 0 Å². The summed E-state index contributed by atoms with van der Waals surface area (Å²) >= 11 is 0. The molecule has 3 heteroatoms. The van der Waals surface area contributed by atoms with Crippen LogP contribution in [-0.2, 0) is 4.74 Å². The monoisotopic (exact) mass is 270 g/mol. The van der Waals surface area contributed by atoms with Crippen LogP contribution < -0.4 is 5.32 Å². The number of piperazine rings is 1. The topological polar surface area (TPSA) is 24.5 Å². The van der Waals surface area contributed by atoms with E-state index in [-0.39, 0.29) is 0 Å². The third kappa shape index (κ3) is 6.73. The fourth-order valence-electron chi connectivity index (χ4n) is 3.06. The molecule has 0 aromatic carbocycles. The van der Waals surface area contributed by atoms with Gasteiger partial charge in [0.1, 0.15) is 0 Å². The lowest BCUT2D eigenvalue weighted by molar-refractivity contribution is 0.0892. The van der Waals surface area contributed by atoms with Gasteiger partial charge in [0.2, 0.25) is 0 Å². The molecule has 2 unspecified atom stereocenters. The number of rotatable bonds is 9. The van der Waals surface area contributed by atoms with Gasteiger partial charge < -0.3 is 10.1 Å². The number of hydrogen-bond acceptors (Lipinski definition) is 3. The van der Waals surface area contributed by atoms with Gasteiger partial charge in [0, 0.05) is 44.9 Å². The molecule has 114 valence electrons. The Morgan fingerprint density at radius 3 is 2.74 bits per heavy atom. The minimum atomic E-state index is 0.681. The molecule has 1 rings (SSSR count). The first-order valence-electron chi connectivity index (χ1n) is 8.22. The Balaban J connectivity index is 2.38. The second-order valence-corrected chi connectivity index (χ2v) is 6.22. The number of nitrogens with zero attached hydrogens (tertiary/aromatic N) is 1. The van der Waals surface area contributed by atoms with Gasteiger partial charge in [-0.1, -0.05) is 27.2 Å². The van der Waals surface area contributed by atoms with Crippen molar-refractivity contribution in [2.45, 2.75) is 65.5 Å². The summed E-state index contributed by atoms with van der Waals surface area (Å²) in [6.45, 7) is 14.3. The normalized spacial score (nSPS) is 25.1. The van der Waals surface area contributed by atoms with Crippen molar-refractivity contribution in [1.29, 1.82) is 0 Å². The van der Waals surface area contributed by atoms with Crippen molar-refractivity contribution in [3.05, 3.63) is 0 Å². The van der Waals surface area contributed by atoms with E-state index in [0.717, 1.165) is 25.2 Å². The first-order valence-corrected chi connectivity index (χ1v) is 8.22. The molecular formula is C16H34N2O. The first-order chi connectivity index (χ1) is 9.17. The minimum absolute atomic E-state index is 0.681. The Kier molecular flexibility index (Phi) is 8.67. The maximum Gasteiger partial charge on any atom is 0.0478 e. The van der Waals surface area contributed by atoms with Gasteiger partial charge in [-0.2, -0.15) is 0 Å². The molecule has 0 radical (unpaired) electrons. The highest BCUT2D eigenvalue weighted by Gasteiger charge is 2.26. The third-order valence-electron chi connectivity index (χ3n) is 3.93. The standard InChI is InChI=1S/C16H34N2O/c1-5-8-16-12-17-15(11-14(3)4)13-18(16)9-7-10-19-6-2/h14-17H,5-13H2,1-4H3. The van der Waals surface area contributed by atoms with Gasteiger partial charge in [0.15, 0.2) is 0 Å². The van der Waals surface area contributed by atoms with Crippen molar-refractivity contribution in [1.82, 2.24) is 10.2 Å². The molecule has 0 saturated carbocycles. The van der Waals surface area contributed by atoms with Crippen molar-refractivity contribution in [2.75, 3.05) is 32.8 Å². The van der Waals surface area contributed by atoms with Crippen LogP contribution in [0.25, 0.3) is 0 Å². The second-order valence-electron chi connectivity index (χ2n) is 6.22. The highest BCUT2D eigenvalue weighted by molar-refractivity contribution is 4.86. The molecule has 3 nitrogen and oxygen atoms in total. The average Bonchev–Trinajstić information content (AvgIpc) is 2.37. The Hall–Kier alpha value is -0.120. The zero-order valence-electron chi connectivity index (χ0n) is 13.5. The van der Waals surface area contributed by atoms with Gasteiger partial charge in [-0.25, -0.2) is 0 Å². The van der Waals surface area contributed by atoms with Gasteiger partial charge in [0.25, 0.3) is 0 Å². The van der Waals surface area contributed by atoms with Crippen molar-refractivity contribution >= 4 is 0 Å². The van der Waals surface area contributed by atoms with Gasteiger partial charge in [0.05, 0.1) is 0 Å². The molecule has 0 bridgehead atoms. The van der Waals surface area contributed by atoms with Crippen LogP contribution in [-0.4, -0.2) is 49.8 Å². The predicted octanol–water partition coefficient (Wildman–Crippen LogP) is 2.90.